The number of aryl methyl sites for hydroxylation is 1. The van der Waals surface area contributed by atoms with Gasteiger partial charge in [0.05, 0.1) is 18.3 Å². The molecule has 1 fully saturated rings. The molecule has 1 atom stereocenters. The van der Waals surface area contributed by atoms with Crippen LogP contribution < -0.4 is 5.32 Å². The summed E-state index contributed by atoms with van der Waals surface area (Å²) in [6, 6.07) is 7.92. The van der Waals surface area contributed by atoms with Gasteiger partial charge in [-0.3, -0.25) is 0 Å². The smallest absolute Gasteiger partial charge is 0.334 e. The van der Waals surface area contributed by atoms with Crippen LogP contribution in [0.2, 0.25) is 0 Å². The number of hydrogen-bond acceptors (Lipinski definition) is 4. The van der Waals surface area contributed by atoms with Gasteiger partial charge in [-0.25, -0.2) is 4.79 Å². The molecule has 1 unspecified atom stereocenters. The van der Waals surface area contributed by atoms with E-state index in [0.29, 0.717) is 6.42 Å². The highest BCUT2D eigenvalue weighted by Gasteiger charge is 2.62. The third kappa shape index (κ3) is 2.64. The zero-order chi connectivity index (χ0) is 15.9. The second-order valence-electron chi connectivity index (χ2n) is 6.89. The van der Waals surface area contributed by atoms with Gasteiger partial charge in [-0.15, -0.1) is 0 Å². The van der Waals surface area contributed by atoms with Crippen molar-refractivity contribution in [3.05, 3.63) is 29.8 Å². The number of nitrogens with one attached hydrogen (secondary N) is 1. The second-order valence-corrected chi connectivity index (χ2v) is 6.89. The third-order valence-electron chi connectivity index (χ3n) is 4.28. The van der Waals surface area contributed by atoms with Crippen molar-refractivity contribution in [1.82, 2.24) is 0 Å². The first-order chi connectivity index (χ1) is 9.63. The molecule has 1 aromatic carbocycles. The molecule has 4 heteroatoms. The molecule has 1 aromatic rings. The largest absolute Gasteiger partial charge is 0.467 e. The molecular formula is C17H25NO3. The number of ether oxygens (including phenoxy) is 2. The van der Waals surface area contributed by atoms with Crippen LogP contribution in [0.25, 0.3) is 0 Å². The Kier molecular flexibility index (Phi) is 3.79. The summed E-state index contributed by atoms with van der Waals surface area (Å²) >= 11 is 0. The predicted octanol–water partition coefficient (Wildman–Crippen LogP) is 3.30. The van der Waals surface area contributed by atoms with Crippen molar-refractivity contribution in [2.45, 2.75) is 57.8 Å². The van der Waals surface area contributed by atoms with E-state index >= 15 is 0 Å². The number of para-hydroxylation sites is 1. The summed E-state index contributed by atoms with van der Waals surface area (Å²) in [5, 5.41) is 3.42. The lowest BCUT2D eigenvalue weighted by Gasteiger charge is -2.38. The molecule has 0 amide bonds. The normalized spacial score (nSPS) is 26.4. The topological polar surface area (TPSA) is 47.6 Å². The number of methoxy groups -OCH3 is 1. The van der Waals surface area contributed by atoms with E-state index in [1.54, 1.807) is 0 Å². The maximum Gasteiger partial charge on any atom is 0.334 e. The van der Waals surface area contributed by atoms with E-state index < -0.39 is 16.7 Å². The lowest BCUT2D eigenvalue weighted by atomic mass is 9.78. The molecule has 21 heavy (non-hydrogen) atoms. The molecule has 0 radical (unpaired) electrons. The van der Waals surface area contributed by atoms with Gasteiger partial charge in [-0.1, -0.05) is 18.2 Å². The van der Waals surface area contributed by atoms with Crippen LogP contribution in [0.4, 0.5) is 5.69 Å². The highest BCUT2D eigenvalue weighted by atomic mass is 16.6. The van der Waals surface area contributed by atoms with E-state index in [1.807, 2.05) is 58.9 Å². The predicted molar refractivity (Wildman–Crippen MR) is 83.4 cm³/mol. The Labute approximate surface area is 126 Å². The molecule has 0 aliphatic carbocycles. The molecule has 0 aromatic heterocycles. The number of carbonyl (C=O) groups excluding carboxylic acids is 1. The van der Waals surface area contributed by atoms with Gasteiger partial charge in [0.1, 0.15) is 0 Å². The van der Waals surface area contributed by atoms with Crippen molar-refractivity contribution in [1.29, 1.82) is 0 Å². The van der Waals surface area contributed by atoms with Gasteiger partial charge < -0.3 is 14.8 Å². The molecule has 0 bridgehead atoms. The lowest BCUT2D eigenvalue weighted by molar-refractivity contribution is -0.152. The fourth-order valence-electron chi connectivity index (χ4n) is 3.35. The Morgan fingerprint density at radius 1 is 1.24 bits per heavy atom. The van der Waals surface area contributed by atoms with Crippen LogP contribution in [-0.2, 0) is 14.3 Å². The highest BCUT2D eigenvalue weighted by molar-refractivity contribution is 5.87. The molecule has 1 N–H and O–H groups in total. The van der Waals surface area contributed by atoms with Crippen LogP contribution >= 0.6 is 0 Å². The van der Waals surface area contributed by atoms with Crippen LogP contribution in [0.5, 0.6) is 0 Å². The summed E-state index contributed by atoms with van der Waals surface area (Å²) in [4.78, 5) is 12.6. The third-order valence-corrected chi connectivity index (χ3v) is 4.28. The first-order valence-corrected chi connectivity index (χ1v) is 7.26. The number of anilines is 1. The first-order valence-electron chi connectivity index (χ1n) is 7.26. The maximum atomic E-state index is 12.6. The van der Waals surface area contributed by atoms with Crippen LogP contribution in [0, 0.1) is 6.92 Å². The molecule has 2 rings (SSSR count). The monoisotopic (exact) mass is 291 g/mol. The van der Waals surface area contributed by atoms with Gasteiger partial charge >= 0.3 is 5.97 Å². The van der Waals surface area contributed by atoms with Gasteiger partial charge in [-0.05, 0) is 46.2 Å². The van der Waals surface area contributed by atoms with Crippen molar-refractivity contribution in [3.63, 3.8) is 0 Å². The van der Waals surface area contributed by atoms with E-state index in [9.17, 15) is 4.79 Å². The van der Waals surface area contributed by atoms with E-state index in [1.165, 1.54) is 7.11 Å². The van der Waals surface area contributed by atoms with Crippen LogP contribution in [0.15, 0.2) is 24.3 Å². The number of esters is 1. The number of hydrogen-bond donors (Lipinski definition) is 1. The Bertz CT molecular complexity index is 551. The van der Waals surface area contributed by atoms with Crippen LogP contribution in [0.1, 0.15) is 39.7 Å². The second kappa shape index (κ2) is 5.02. The number of benzene rings is 1. The summed E-state index contributed by atoms with van der Waals surface area (Å²) < 4.78 is 11.2. The average molecular weight is 291 g/mol. The first kappa shape index (κ1) is 15.8. The van der Waals surface area contributed by atoms with Crippen molar-refractivity contribution in [3.8, 4) is 0 Å². The SMILES string of the molecule is COC(=O)C1(Nc2ccccc2C)CC(C)(C)OC1(C)C. The van der Waals surface area contributed by atoms with Gasteiger partial charge in [0, 0.05) is 12.1 Å². The van der Waals surface area contributed by atoms with Crippen molar-refractivity contribution < 1.29 is 14.3 Å². The minimum absolute atomic E-state index is 0.290. The van der Waals surface area contributed by atoms with Crippen LogP contribution in [0.3, 0.4) is 0 Å². The van der Waals surface area contributed by atoms with E-state index in [0.717, 1.165) is 11.3 Å². The highest BCUT2D eigenvalue weighted by Crippen LogP contribution is 2.47. The lowest BCUT2D eigenvalue weighted by Crippen LogP contribution is -2.59. The fraction of sp³-hybridized carbons (Fsp3) is 0.588. The minimum atomic E-state index is -0.905. The minimum Gasteiger partial charge on any atom is -0.467 e. The maximum absolute atomic E-state index is 12.6. The summed E-state index contributed by atoms with van der Waals surface area (Å²) in [7, 11) is 1.42. The molecule has 0 spiro atoms. The van der Waals surface area contributed by atoms with E-state index in [-0.39, 0.29) is 5.97 Å². The Morgan fingerprint density at radius 3 is 2.33 bits per heavy atom. The molecule has 1 aliphatic heterocycles. The summed E-state index contributed by atoms with van der Waals surface area (Å²) in [6.45, 7) is 9.88. The summed E-state index contributed by atoms with van der Waals surface area (Å²) in [5.41, 5.74) is 0.0370. The van der Waals surface area contributed by atoms with Gasteiger partial charge in [0.2, 0.25) is 0 Å². The van der Waals surface area contributed by atoms with E-state index in [4.69, 9.17) is 9.47 Å². The average Bonchev–Trinajstić information content (AvgIpc) is 2.56. The molecule has 0 saturated carbocycles. The molecule has 1 saturated heterocycles. The quantitative estimate of drug-likeness (QED) is 0.868. The molecule has 116 valence electrons. The zero-order valence-corrected chi connectivity index (χ0v) is 13.7. The molecule has 4 nitrogen and oxygen atoms in total. The number of rotatable bonds is 3. The van der Waals surface area contributed by atoms with Crippen molar-refractivity contribution in [2.24, 2.45) is 0 Å². The molecule has 1 heterocycles. The van der Waals surface area contributed by atoms with Gasteiger partial charge in [-0.2, -0.15) is 0 Å². The molecule has 1 aliphatic rings. The Balaban J connectivity index is 2.49. The van der Waals surface area contributed by atoms with Crippen molar-refractivity contribution >= 4 is 11.7 Å². The zero-order valence-electron chi connectivity index (χ0n) is 13.7. The molecular weight excluding hydrogens is 266 g/mol. The number of carbonyl (C=O) groups is 1. The van der Waals surface area contributed by atoms with Gasteiger partial charge in [0.25, 0.3) is 0 Å². The Morgan fingerprint density at radius 2 is 1.86 bits per heavy atom. The van der Waals surface area contributed by atoms with Crippen LogP contribution in [-0.4, -0.2) is 29.8 Å². The van der Waals surface area contributed by atoms with E-state index in [2.05, 4.69) is 5.32 Å². The standard InChI is InChI=1S/C17H25NO3/c1-12-9-7-8-10-13(12)18-17(14(19)20-6)11-15(2,3)21-16(17,4)5/h7-10,18H,11H2,1-6H3. The van der Waals surface area contributed by atoms with Crippen molar-refractivity contribution in [2.75, 3.05) is 12.4 Å². The summed E-state index contributed by atoms with van der Waals surface area (Å²) in [5.74, 6) is -0.290. The fourth-order valence-corrected chi connectivity index (χ4v) is 3.35. The van der Waals surface area contributed by atoms with Gasteiger partial charge in [0.15, 0.2) is 5.54 Å². The Hall–Kier alpha value is -1.55. The summed E-state index contributed by atoms with van der Waals surface area (Å²) in [6.07, 6.45) is 0.550.